The number of anilines is 1. The van der Waals surface area contributed by atoms with Crippen LogP contribution in [0.15, 0.2) is 22.5 Å². The van der Waals surface area contributed by atoms with E-state index in [0.717, 1.165) is 40.2 Å². The van der Waals surface area contributed by atoms with E-state index in [1.807, 2.05) is 36.9 Å². The van der Waals surface area contributed by atoms with Crippen molar-refractivity contribution in [1.82, 2.24) is 9.88 Å². The van der Waals surface area contributed by atoms with Gasteiger partial charge in [0.05, 0.1) is 33.5 Å². The van der Waals surface area contributed by atoms with Crippen LogP contribution in [-0.4, -0.2) is 46.4 Å². The average molecular weight is 432 g/mol. The smallest absolute Gasteiger partial charge is 0.237 e. The topological polar surface area (TPSA) is 70.6 Å². The van der Waals surface area contributed by atoms with Crippen molar-refractivity contribution < 1.29 is 14.4 Å². The molecule has 154 valence electrons. The third kappa shape index (κ3) is 3.80. The molecule has 1 saturated carbocycles. The van der Waals surface area contributed by atoms with Crippen molar-refractivity contribution in [3.8, 4) is 0 Å². The molecule has 8 heteroatoms. The summed E-state index contributed by atoms with van der Waals surface area (Å²) in [7, 11) is 0. The number of amides is 3. The van der Waals surface area contributed by atoms with Crippen LogP contribution in [0.5, 0.6) is 0 Å². The van der Waals surface area contributed by atoms with E-state index in [2.05, 4.69) is 4.98 Å². The molecule has 4 rings (SSSR count). The summed E-state index contributed by atoms with van der Waals surface area (Å²) in [6.07, 6.45) is 3.68. The molecular formula is C21H25N3O3S2. The van der Waals surface area contributed by atoms with Crippen molar-refractivity contribution in [3.05, 3.63) is 18.2 Å². The van der Waals surface area contributed by atoms with Gasteiger partial charge in [-0.1, -0.05) is 24.6 Å². The van der Waals surface area contributed by atoms with Crippen molar-refractivity contribution in [2.24, 2.45) is 11.8 Å². The number of nitrogens with zero attached hydrogens (tertiary/aromatic N) is 3. The molecule has 0 bridgehead atoms. The summed E-state index contributed by atoms with van der Waals surface area (Å²) >= 11 is 2.94. The molecule has 1 saturated heterocycles. The number of thiazole rings is 1. The number of aromatic nitrogens is 1. The zero-order chi connectivity index (χ0) is 20.5. The van der Waals surface area contributed by atoms with Crippen LogP contribution in [0, 0.1) is 11.8 Å². The molecule has 29 heavy (non-hydrogen) atoms. The molecule has 1 aromatic heterocycles. The van der Waals surface area contributed by atoms with Crippen LogP contribution >= 0.6 is 23.1 Å². The van der Waals surface area contributed by atoms with E-state index in [1.165, 1.54) is 28.0 Å². The second kappa shape index (κ2) is 8.44. The normalized spacial score (nSPS) is 21.7. The van der Waals surface area contributed by atoms with Gasteiger partial charge in [-0.15, -0.1) is 11.3 Å². The quantitative estimate of drug-likeness (QED) is 0.512. The highest BCUT2D eigenvalue weighted by Crippen LogP contribution is 2.41. The van der Waals surface area contributed by atoms with Crippen molar-refractivity contribution in [2.75, 3.05) is 23.7 Å². The van der Waals surface area contributed by atoms with Gasteiger partial charge in [-0.2, -0.15) is 0 Å². The summed E-state index contributed by atoms with van der Waals surface area (Å²) in [4.78, 5) is 45.7. The molecule has 0 radical (unpaired) electrons. The number of carbonyl (C=O) groups is 3. The first-order valence-electron chi connectivity index (χ1n) is 10.2. The lowest BCUT2D eigenvalue weighted by atomic mass is 9.81. The molecule has 1 aromatic carbocycles. The second-order valence-corrected chi connectivity index (χ2v) is 9.75. The number of hydrogen-bond donors (Lipinski definition) is 0. The molecule has 0 spiro atoms. The van der Waals surface area contributed by atoms with Gasteiger partial charge in [-0.25, -0.2) is 4.98 Å². The number of hydrogen-bond acceptors (Lipinski definition) is 6. The maximum absolute atomic E-state index is 12.8. The third-order valence-electron chi connectivity index (χ3n) is 5.89. The van der Waals surface area contributed by atoms with E-state index >= 15 is 0 Å². The molecule has 0 N–H and O–H groups in total. The van der Waals surface area contributed by atoms with Gasteiger partial charge in [0.2, 0.25) is 17.7 Å². The summed E-state index contributed by atoms with van der Waals surface area (Å²) in [5.74, 6) is 0.0684. The number of fused-ring (bicyclic) bond motifs is 2. The van der Waals surface area contributed by atoms with E-state index in [1.54, 1.807) is 0 Å². The van der Waals surface area contributed by atoms with Gasteiger partial charge in [0.25, 0.3) is 0 Å². The van der Waals surface area contributed by atoms with Crippen LogP contribution in [0.4, 0.5) is 5.69 Å². The molecule has 1 aliphatic heterocycles. The Bertz CT molecular complexity index is 930. The van der Waals surface area contributed by atoms with Gasteiger partial charge in [0.1, 0.15) is 0 Å². The summed E-state index contributed by atoms with van der Waals surface area (Å²) in [5, 5.41) is 0. The fourth-order valence-electron chi connectivity index (χ4n) is 4.30. The Morgan fingerprint density at radius 3 is 2.45 bits per heavy atom. The van der Waals surface area contributed by atoms with Crippen molar-refractivity contribution in [3.63, 3.8) is 0 Å². The van der Waals surface area contributed by atoms with E-state index in [4.69, 9.17) is 0 Å². The van der Waals surface area contributed by atoms with Gasteiger partial charge in [-0.3, -0.25) is 19.3 Å². The van der Waals surface area contributed by atoms with Crippen LogP contribution in [0.1, 0.15) is 39.5 Å². The number of benzene rings is 1. The minimum Gasteiger partial charge on any atom is -0.343 e. The predicted octanol–water partition coefficient (Wildman–Crippen LogP) is 3.94. The first-order valence-corrected chi connectivity index (χ1v) is 12.0. The summed E-state index contributed by atoms with van der Waals surface area (Å²) in [6, 6.07) is 5.56. The summed E-state index contributed by atoms with van der Waals surface area (Å²) < 4.78 is 1.75. The summed E-state index contributed by atoms with van der Waals surface area (Å²) in [5.41, 5.74) is 1.47. The maximum Gasteiger partial charge on any atom is 0.237 e. The van der Waals surface area contributed by atoms with Crippen LogP contribution < -0.4 is 4.90 Å². The number of rotatable bonds is 6. The number of carbonyl (C=O) groups excluding carboxylic acids is 3. The maximum atomic E-state index is 12.8. The van der Waals surface area contributed by atoms with Gasteiger partial charge < -0.3 is 4.90 Å². The largest absolute Gasteiger partial charge is 0.343 e. The Hall–Kier alpha value is -1.93. The molecule has 2 atom stereocenters. The average Bonchev–Trinajstić information content (AvgIpc) is 3.25. The molecule has 2 aliphatic rings. The SMILES string of the molecule is CCN(CC)C(=O)CSc1nc2ccc(N3C(=O)[C@H]4CCCC[C@@H]4C3=O)cc2s1. The Kier molecular flexibility index (Phi) is 5.92. The molecule has 2 heterocycles. The number of imide groups is 1. The Morgan fingerprint density at radius 2 is 1.83 bits per heavy atom. The van der Waals surface area contributed by atoms with Crippen LogP contribution in [-0.2, 0) is 14.4 Å². The van der Waals surface area contributed by atoms with Gasteiger partial charge in [-0.05, 0) is 44.9 Å². The molecule has 2 fully saturated rings. The fraction of sp³-hybridized carbons (Fsp3) is 0.524. The van der Waals surface area contributed by atoms with Crippen molar-refractivity contribution in [2.45, 2.75) is 43.9 Å². The molecule has 1 aliphatic carbocycles. The Balaban J connectivity index is 1.52. The molecule has 3 amide bonds. The van der Waals surface area contributed by atoms with Crippen LogP contribution in [0.2, 0.25) is 0 Å². The monoisotopic (exact) mass is 431 g/mol. The lowest BCUT2D eigenvalue weighted by Crippen LogP contribution is -2.31. The molecule has 2 aromatic rings. The van der Waals surface area contributed by atoms with Crippen molar-refractivity contribution >= 4 is 56.7 Å². The van der Waals surface area contributed by atoms with E-state index in [-0.39, 0.29) is 29.6 Å². The lowest BCUT2D eigenvalue weighted by Gasteiger charge is -2.19. The predicted molar refractivity (Wildman–Crippen MR) is 116 cm³/mol. The van der Waals surface area contributed by atoms with Gasteiger partial charge in [0.15, 0.2) is 4.34 Å². The van der Waals surface area contributed by atoms with Crippen molar-refractivity contribution in [1.29, 1.82) is 0 Å². The van der Waals surface area contributed by atoms with Crippen LogP contribution in [0.25, 0.3) is 10.2 Å². The minimum absolute atomic E-state index is 0.0528. The molecular weight excluding hydrogens is 406 g/mol. The van der Waals surface area contributed by atoms with Crippen LogP contribution in [0.3, 0.4) is 0 Å². The third-order valence-corrected chi connectivity index (χ3v) is 8.03. The minimum atomic E-state index is -0.148. The second-order valence-electron chi connectivity index (χ2n) is 7.50. The standard InChI is InChI=1S/C21H25N3O3S2/c1-3-23(4-2)18(25)12-28-21-22-16-10-9-13(11-17(16)29-21)24-19(26)14-7-5-6-8-15(14)20(24)27/h9-11,14-15H,3-8,12H2,1-2H3/t14-,15-/m0/s1. The first kappa shape index (κ1) is 20.3. The van der Waals surface area contributed by atoms with E-state index in [0.29, 0.717) is 24.5 Å². The van der Waals surface area contributed by atoms with Gasteiger partial charge in [0, 0.05) is 13.1 Å². The summed E-state index contributed by atoms with van der Waals surface area (Å²) in [6.45, 7) is 5.36. The highest BCUT2D eigenvalue weighted by molar-refractivity contribution is 8.01. The zero-order valence-corrected chi connectivity index (χ0v) is 18.4. The Labute approximate surface area is 178 Å². The number of thioether (sulfide) groups is 1. The van der Waals surface area contributed by atoms with E-state index < -0.39 is 0 Å². The molecule has 0 unspecified atom stereocenters. The van der Waals surface area contributed by atoms with E-state index in [9.17, 15) is 14.4 Å². The highest BCUT2D eigenvalue weighted by atomic mass is 32.2. The van der Waals surface area contributed by atoms with Gasteiger partial charge >= 0.3 is 0 Å². The lowest BCUT2D eigenvalue weighted by molar-refractivity contribution is -0.128. The zero-order valence-electron chi connectivity index (χ0n) is 16.7. The highest BCUT2D eigenvalue weighted by Gasteiger charge is 2.48. The molecule has 6 nitrogen and oxygen atoms in total. The Morgan fingerprint density at radius 1 is 1.17 bits per heavy atom. The first-order chi connectivity index (χ1) is 14.0. The fourth-order valence-corrected chi connectivity index (χ4v) is 6.31.